The van der Waals surface area contributed by atoms with Crippen molar-refractivity contribution in [2.75, 3.05) is 33.2 Å². The van der Waals surface area contributed by atoms with Crippen molar-refractivity contribution >= 4 is 19.7 Å². The third-order valence-corrected chi connectivity index (χ3v) is 8.01. The van der Waals surface area contributed by atoms with Crippen molar-refractivity contribution in [2.45, 2.75) is 168 Å². The molecule has 0 saturated carbocycles. The highest BCUT2D eigenvalue weighted by Gasteiger charge is 2.21. The summed E-state index contributed by atoms with van der Waals surface area (Å²) < 4.78 is 32.0. The van der Waals surface area contributed by atoms with Gasteiger partial charge < -0.3 is 29.3 Å². The number of unbranched alkanes of at least 4 members (excludes halogenated alkanes) is 20. The van der Waals surface area contributed by atoms with Gasteiger partial charge >= 0.3 is 13.8 Å². The third-order valence-electron chi connectivity index (χ3n) is 7.52. The van der Waals surface area contributed by atoms with Gasteiger partial charge in [-0.2, -0.15) is 0 Å². The Hall–Kier alpha value is -1.03. The first-order chi connectivity index (χ1) is 21.2. The molecule has 44 heavy (non-hydrogen) atoms. The summed E-state index contributed by atoms with van der Waals surface area (Å²) in [4.78, 5) is 41.1. The Bertz CT molecular complexity index is 705. The number of ether oxygens (including phenoxy) is 3. The molecule has 1 atom stereocenters. The Balaban J connectivity index is 3.71. The lowest BCUT2D eigenvalue weighted by Gasteiger charge is -2.18. The van der Waals surface area contributed by atoms with Crippen LogP contribution >= 0.6 is 7.82 Å². The van der Waals surface area contributed by atoms with Crippen molar-refractivity contribution in [1.29, 1.82) is 0 Å². The molecule has 0 aliphatic carbocycles. The molecule has 0 fully saturated rings. The highest BCUT2D eigenvalue weighted by Crippen LogP contribution is 2.35. The van der Waals surface area contributed by atoms with E-state index >= 15 is 0 Å². The highest BCUT2D eigenvalue weighted by molar-refractivity contribution is 7.46. The Kier molecular flexibility index (Phi) is 31.2. The molecule has 0 aromatic rings. The van der Waals surface area contributed by atoms with Crippen molar-refractivity contribution in [3.8, 4) is 0 Å². The van der Waals surface area contributed by atoms with Crippen LogP contribution in [-0.4, -0.2) is 60.9 Å². The second kappa shape index (κ2) is 31.9. The smallest absolute Gasteiger partial charge is 0.457 e. The Morgan fingerprint density at radius 3 is 1.64 bits per heavy atom. The minimum absolute atomic E-state index is 0.0253. The Morgan fingerprint density at radius 2 is 1.14 bits per heavy atom. The van der Waals surface area contributed by atoms with Gasteiger partial charge in [0.15, 0.2) is 0 Å². The van der Waals surface area contributed by atoms with Crippen molar-refractivity contribution in [2.24, 2.45) is 0 Å². The molecule has 1 amide bonds. The second-order valence-corrected chi connectivity index (χ2v) is 13.2. The molecule has 0 unspecified atom stereocenters. The number of carbonyl (C=O) groups excluding carboxylic acids is 2. The number of nitrogens with one attached hydrogen (secondary N) is 1. The first-order valence-electron chi connectivity index (χ1n) is 17.5. The maximum atomic E-state index is 12.2. The molecule has 0 saturated heterocycles. The van der Waals surface area contributed by atoms with Crippen LogP contribution in [0.2, 0.25) is 0 Å². The van der Waals surface area contributed by atoms with E-state index in [4.69, 9.17) is 24.0 Å². The zero-order chi connectivity index (χ0) is 32.6. The summed E-state index contributed by atoms with van der Waals surface area (Å²) in [6, 6.07) is 0. The normalized spacial score (nSPS) is 12.4. The van der Waals surface area contributed by atoms with Gasteiger partial charge in [0.2, 0.25) is 5.91 Å². The van der Waals surface area contributed by atoms with E-state index in [0.29, 0.717) is 6.61 Å². The summed E-state index contributed by atoms with van der Waals surface area (Å²) in [6.07, 6.45) is 25.4. The van der Waals surface area contributed by atoms with Crippen molar-refractivity contribution < 1.29 is 42.7 Å². The number of phosphoric acid groups is 1. The van der Waals surface area contributed by atoms with E-state index < -0.39 is 26.5 Å². The van der Waals surface area contributed by atoms with Gasteiger partial charge in [-0.3, -0.25) is 14.1 Å². The fourth-order valence-corrected chi connectivity index (χ4v) is 5.32. The van der Waals surface area contributed by atoms with Gasteiger partial charge in [0, 0.05) is 26.5 Å². The molecule has 0 bridgehead atoms. The first kappa shape index (κ1) is 43.0. The van der Waals surface area contributed by atoms with Crippen LogP contribution in [0.4, 0.5) is 0 Å². The number of esters is 1. The van der Waals surface area contributed by atoms with Crippen molar-refractivity contribution in [3.63, 3.8) is 0 Å². The molecular formula is C33H66NO9P. The number of phosphoric ester groups is 1. The largest absolute Gasteiger partial charge is 0.469 e. The number of carbonyl (C=O) groups is 2. The predicted molar refractivity (Wildman–Crippen MR) is 175 cm³/mol. The van der Waals surface area contributed by atoms with Crippen LogP contribution in [0.25, 0.3) is 0 Å². The standard InChI is InChI=1S/C33H66NO9P/c1-3-4-5-6-7-13-16-19-22-25-33(36)43-32(29-42-44(37,38)39)28-41-30-40-27-24-21-18-15-12-10-8-9-11-14-17-20-23-26-34-31(2)35/h32H,3-30H2,1-2H3,(H,34,35)(H2,37,38,39)/t32-/m0/s1. The predicted octanol–water partition coefficient (Wildman–Crippen LogP) is 8.13. The van der Waals surface area contributed by atoms with Crippen molar-refractivity contribution in [1.82, 2.24) is 5.32 Å². The van der Waals surface area contributed by atoms with Gasteiger partial charge in [-0.25, -0.2) is 4.57 Å². The second-order valence-electron chi connectivity index (χ2n) is 12.0. The van der Waals surface area contributed by atoms with Gasteiger partial charge in [-0.05, 0) is 19.3 Å². The maximum Gasteiger partial charge on any atom is 0.469 e. The van der Waals surface area contributed by atoms with E-state index in [1.807, 2.05) is 0 Å². The summed E-state index contributed by atoms with van der Waals surface area (Å²) in [5.74, 6) is -0.357. The number of hydrogen-bond acceptors (Lipinski definition) is 7. The van der Waals surface area contributed by atoms with E-state index in [-0.39, 0.29) is 25.7 Å². The van der Waals surface area contributed by atoms with E-state index in [1.54, 1.807) is 6.92 Å². The molecule has 11 heteroatoms. The molecule has 0 aliphatic heterocycles. The fraction of sp³-hybridized carbons (Fsp3) is 0.939. The molecule has 0 aromatic heterocycles. The van der Waals surface area contributed by atoms with Crippen LogP contribution in [0, 0.1) is 0 Å². The summed E-state index contributed by atoms with van der Waals surface area (Å²) in [7, 11) is -4.68. The zero-order valence-corrected chi connectivity index (χ0v) is 29.0. The molecule has 10 nitrogen and oxygen atoms in total. The number of amides is 1. The highest BCUT2D eigenvalue weighted by atomic mass is 31.2. The quantitative estimate of drug-likeness (QED) is 0.0272. The molecule has 262 valence electrons. The van der Waals surface area contributed by atoms with Gasteiger partial charge in [0.05, 0.1) is 13.2 Å². The zero-order valence-electron chi connectivity index (χ0n) is 28.1. The van der Waals surface area contributed by atoms with Gasteiger partial charge in [-0.1, -0.05) is 129 Å². The molecule has 3 N–H and O–H groups in total. The lowest BCUT2D eigenvalue weighted by atomic mass is 10.0. The van der Waals surface area contributed by atoms with Crippen molar-refractivity contribution in [3.05, 3.63) is 0 Å². The van der Waals surface area contributed by atoms with E-state index in [1.165, 1.54) is 103 Å². The minimum Gasteiger partial charge on any atom is -0.457 e. The summed E-state index contributed by atoms with van der Waals surface area (Å²) >= 11 is 0. The van der Waals surface area contributed by atoms with Gasteiger partial charge in [-0.15, -0.1) is 0 Å². The minimum atomic E-state index is -4.68. The fourth-order valence-electron chi connectivity index (χ4n) is 4.96. The molecular weight excluding hydrogens is 585 g/mol. The molecule has 0 spiro atoms. The lowest BCUT2D eigenvalue weighted by molar-refractivity contribution is -0.158. The Morgan fingerprint density at radius 1 is 0.659 bits per heavy atom. The average Bonchev–Trinajstić information content (AvgIpc) is 2.97. The first-order valence-corrected chi connectivity index (χ1v) is 19.1. The van der Waals surface area contributed by atoms with Crippen LogP contribution < -0.4 is 5.32 Å². The van der Waals surface area contributed by atoms with E-state index in [2.05, 4.69) is 16.8 Å². The van der Waals surface area contributed by atoms with Crippen LogP contribution in [0.1, 0.15) is 162 Å². The van der Waals surface area contributed by atoms with E-state index in [0.717, 1.165) is 45.1 Å². The number of rotatable bonds is 34. The summed E-state index contributed by atoms with van der Waals surface area (Å²) in [6.45, 7) is 4.68. The maximum absolute atomic E-state index is 12.2. The van der Waals surface area contributed by atoms with E-state index in [9.17, 15) is 14.2 Å². The molecule has 0 heterocycles. The topological polar surface area (TPSA) is 141 Å². The lowest BCUT2D eigenvalue weighted by Crippen LogP contribution is -2.28. The van der Waals surface area contributed by atoms with Crippen LogP contribution in [0.3, 0.4) is 0 Å². The average molecular weight is 652 g/mol. The van der Waals surface area contributed by atoms with Crippen LogP contribution in [0.15, 0.2) is 0 Å². The SMILES string of the molecule is CCCCCCCCCCCC(=O)O[C@@H](COCOCCCCCCCCCCCCCCCNC(C)=O)COP(=O)(O)O. The monoisotopic (exact) mass is 651 g/mol. The van der Waals surface area contributed by atoms with Gasteiger partial charge in [0.1, 0.15) is 12.9 Å². The van der Waals surface area contributed by atoms with Crippen LogP contribution in [0.5, 0.6) is 0 Å². The van der Waals surface area contributed by atoms with Crippen LogP contribution in [-0.2, 0) is 32.9 Å². The summed E-state index contributed by atoms with van der Waals surface area (Å²) in [5.41, 5.74) is 0. The van der Waals surface area contributed by atoms with Gasteiger partial charge in [0.25, 0.3) is 0 Å². The molecule has 0 radical (unpaired) electrons. The Labute approximate surface area is 268 Å². The third kappa shape index (κ3) is 35.4. The summed E-state index contributed by atoms with van der Waals surface area (Å²) in [5, 5.41) is 2.84. The molecule has 0 rings (SSSR count). The number of hydrogen-bond donors (Lipinski definition) is 3. The molecule has 0 aliphatic rings. The molecule has 0 aromatic carbocycles.